The Morgan fingerprint density at radius 3 is 2.55 bits per heavy atom. The number of hydrogen-bond donors (Lipinski definition) is 1. The van der Waals surface area contributed by atoms with Crippen LogP contribution in [0.1, 0.15) is 18.4 Å². The number of likely N-dealkylation sites (tertiary alicyclic amines) is 1. The molecule has 1 aliphatic rings. The summed E-state index contributed by atoms with van der Waals surface area (Å²) in [7, 11) is 0. The van der Waals surface area contributed by atoms with E-state index in [4.69, 9.17) is 9.47 Å². The summed E-state index contributed by atoms with van der Waals surface area (Å²) in [4.78, 5) is 18.2. The predicted molar refractivity (Wildman–Crippen MR) is 116 cm³/mol. The molecule has 6 nitrogen and oxygen atoms in total. The fourth-order valence-electron chi connectivity index (χ4n) is 3.42. The highest BCUT2D eigenvalue weighted by Crippen LogP contribution is 2.23. The van der Waals surface area contributed by atoms with E-state index < -0.39 is 0 Å². The Bertz CT molecular complexity index is 990. The summed E-state index contributed by atoms with van der Waals surface area (Å²) in [6.07, 6.45) is 4.87. The zero-order valence-electron chi connectivity index (χ0n) is 17.0. The monoisotopic (exact) mass is 421 g/mol. The molecule has 3 aromatic rings. The van der Waals surface area contributed by atoms with Gasteiger partial charge in [-0.25, -0.2) is 9.18 Å². The fourth-order valence-corrected chi connectivity index (χ4v) is 3.42. The lowest BCUT2D eigenvalue weighted by atomic mass is 10.1. The number of amides is 2. The lowest BCUT2D eigenvalue weighted by Crippen LogP contribution is -2.43. The molecule has 31 heavy (non-hydrogen) atoms. The van der Waals surface area contributed by atoms with Gasteiger partial charge in [0.15, 0.2) is 0 Å². The van der Waals surface area contributed by atoms with E-state index in [-0.39, 0.29) is 18.0 Å². The number of nitrogens with one attached hydrogen (secondary N) is 1. The third-order valence-corrected chi connectivity index (χ3v) is 5.06. The summed E-state index contributed by atoms with van der Waals surface area (Å²) in [5, 5.41) is 2.86. The Balaban J connectivity index is 1.22. The molecule has 1 N–H and O–H groups in total. The van der Waals surface area contributed by atoms with Gasteiger partial charge in [0.2, 0.25) is 0 Å². The maximum absolute atomic E-state index is 13.2. The van der Waals surface area contributed by atoms with Crippen molar-refractivity contribution in [3.8, 4) is 11.5 Å². The van der Waals surface area contributed by atoms with Crippen molar-refractivity contribution >= 4 is 11.7 Å². The number of aromatic nitrogens is 1. The highest BCUT2D eigenvalue weighted by molar-refractivity contribution is 5.89. The van der Waals surface area contributed by atoms with Crippen LogP contribution in [0.3, 0.4) is 0 Å². The average molecular weight is 421 g/mol. The third kappa shape index (κ3) is 5.94. The van der Waals surface area contributed by atoms with Gasteiger partial charge in [-0.15, -0.1) is 0 Å². The largest absolute Gasteiger partial charge is 0.490 e. The number of nitrogens with zero attached hydrogens (tertiary/aromatic N) is 2. The van der Waals surface area contributed by atoms with Gasteiger partial charge in [0.05, 0.1) is 11.9 Å². The van der Waals surface area contributed by atoms with Crippen molar-refractivity contribution in [2.24, 2.45) is 0 Å². The molecule has 0 saturated carbocycles. The van der Waals surface area contributed by atoms with Crippen molar-refractivity contribution in [1.29, 1.82) is 0 Å². The molecule has 0 atom stereocenters. The lowest BCUT2D eigenvalue weighted by molar-refractivity contribution is 0.115. The Kier molecular flexibility index (Phi) is 6.62. The first-order chi connectivity index (χ1) is 15.2. The summed E-state index contributed by atoms with van der Waals surface area (Å²) < 4.78 is 25.0. The van der Waals surface area contributed by atoms with E-state index in [0.29, 0.717) is 31.1 Å². The first-order valence-electron chi connectivity index (χ1n) is 10.3. The number of ether oxygens (including phenoxy) is 2. The molecule has 0 unspecified atom stereocenters. The van der Waals surface area contributed by atoms with Gasteiger partial charge in [-0.2, -0.15) is 0 Å². The molecule has 160 valence electrons. The molecule has 0 radical (unpaired) electrons. The van der Waals surface area contributed by atoms with E-state index in [1.54, 1.807) is 29.4 Å². The van der Waals surface area contributed by atoms with Gasteiger partial charge >= 0.3 is 6.03 Å². The van der Waals surface area contributed by atoms with Crippen LogP contribution in [0.15, 0.2) is 73.1 Å². The maximum Gasteiger partial charge on any atom is 0.321 e. The highest BCUT2D eigenvalue weighted by atomic mass is 19.1. The van der Waals surface area contributed by atoms with Crippen LogP contribution in [0.2, 0.25) is 0 Å². The number of pyridine rings is 1. The minimum absolute atomic E-state index is 0.0569. The van der Waals surface area contributed by atoms with Crippen LogP contribution in [0.4, 0.5) is 14.9 Å². The maximum atomic E-state index is 13.2. The highest BCUT2D eigenvalue weighted by Gasteiger charge is 2.24. The SMILES string of the molecule is O=C(Nc1cccnc1)N1CCC(Oc2ccc(OCc3cccc(F)c3)cc2)CC1. The topological polar surface area (TPSA) is 63.7 Å². The van der Waals surface area contributed by atoms with Gasteiger partial charge in [0, 0.05) is 32.1 Å². The molecule has 0 spiro atoms. The smallest absolute Gasteiger partial charge is 0.321 e. The minimum atomic E-state index is -0.273. The minimum Gasteiger partial charge on any atom is -0.490 e. The molecule has 7 heteroatoms. The van der Waals surface area contributed by atoms with Crippen LogP contribution in [-0.4, -0.2) is 35.1 Å². The molecule has 1 fully saturated rings. The van der Waals surface area contributed by atoms with Gasteiger partial charge in [-0.3, -0.25) is 4.98 Å². The van der Waals surface area contributed by atoms with Crippen molar-refractivity contribution in [2.45, 2.75) is 25.6 Å². The van der Waals surface area contributed by atoms with E-state index in [1.165, 1.54) is 12.1 Å². The molecule has 1 aromatic heterocycles. The van der Waals surface area contributed by atoms with Crippen LogP contribution in [-0.2, 0) is 6.61 Å². The molecule has 1 aliphatic heterocycles. The molecule has 2 amide bonds. The number of urea groups is 1. The van der Waals surface area contributed by atoms with E-state index >= 15 is 0 Å². The van der Waals surface area contributed by atoms with Gasteiger partial charge in [0.25, 0.3) is 0 Å². The second kappa shape index (κ2) is 9.93. The van der Waals surface area contributed by atoms with Crippen LogP contribution < -0.4 is 14.8 Å². The normalized spacial score (nSPS) is 14.2. The van der Waals surface area contributed by atoms with Crippen LogP contribution in [0.5, 0.6) is 11.5 Å². The second-order valence-corrected chi connectivity index (χ2v) is 7.37. The third-order valence-electron chi connectivity index (χ3n) is 5.06. The van der Waals surface area contributed by atoms with Gasteiger partial charge in [-0.1, -0.05) is 12.1 Å². The molecule has 4 rings (SSSR count). The van der Waals surface area contributed by atoms with E-state index in [0.717, 1.165) is 24.2 Å². The number of hydrogen-bond acceptors (Lipinski definition) is 4. The molecular formula is C24H24FN3O3. The summed E-state index contributed by atoms with van der Waals surface area (Å²) in [5.41, 5.74) is 1.46. The molecule has 0 bridgehead atoms. The van der Waals surface area contributed by atoms with Gasteiger partial charge in [-0.05, 0) is 54.1 Å². The Hall–Kier alpha value is -3.61. The molecule has 0 aliphatic carbocycles. The molecule has 2 aromatic carbocycles. The number of rotatable bonds is 6. The summed E-state index contributed by atoms with van der Waals surface area (Å²) in [6, 6.07) is 17.2. The van der Waals surface area contributed by atoms with Crippen LogP contribution in [0.25, 0.3) is 0 Å². The number of benzene rings is 2. The zero-order chi connectivity index (χ0) is 21.5. The Labute approximate surface area is 180 Å². The fraction of sp³-hybridized carbons (Fsp3) is 0.250. The van der Waals surface area contributed by atoms with Crippen molar-refractivity contribution in [3.05, 3.63) is 84.4 Å². The van der Waals surface area contributed by atoms with Gasteiger partial charge in [0.1, 0.15) is 30.0 Å². The molecule has 1 saturated heterocycles. The number of piperidine rings is 1. The van der Waals surface area contributed by atoms with Crippen molar-refractivity contribution in [1.82, 2.24) is 9.88 Å². The van der Waals surface area contributed by atoms with E-state index in [9.17, 15) is 9.18 Å². The second-order valence-electron chi connectivity index (χ2n) is 7.37. The van der Waals surface area contributed by atoms with E-state index in [2.05, 4.69) is 10.3 Å². The van der Waals surface area contributed by atoms with E-state index in [1.807, 2.05) is 36.4 Å². The number of carbonyl (C=O) groups is 1. The quantitative estimate of drug-likeness (QED) is 0.617. The molecule has 2 heterocycles. The van der Waals surface area contributed by atoms with Crippen molar-refractivity contribution < 1.29 is 18.7 Å². The standard InChI is InChI=1S/C24H24FN3O3/c25-19-4-1-3-18(15-19)17-30-21-6-8-22(9-7-21)31-23-10-13-28(14-11-23)24(29)27-20-5-2-12-26-16-20/h1-9,12,15-16,23H,10-11,13-14,17H2,(H,27,29). The summed E-state index contributed by atoms with van der Waals surface area (Å²) >= 11 is 0. The summed E-state index contributed by atoms with van der Waals surface area (Å²) in [6.45, 7) is 1.56. The number of halogens is 1. The number of anilines is 1. The molecular weight excluding hydrogens is 397 g/mol. The van der Waals surface area contributed by atoms with Crippen LogP contribution in [0, 0.1) is 5.82 Å². The number of carbonyl (C=O) groups excluding carboxylic acids is 1. The predicted octanol–water partition coefficient (Wildman–Crippen LogP) is 4.88. The first-order valence-corrected chi connectivity index (χ1v) is 10.3. The Morgan fingerprint density at radius 2 is 1.84 bits per heavy atom. The Morgan fingerprint density at radius 1 is 1.06 bits per heavy atom. The van der Waals surface area contributed by atoms with Gasteiger partial charge < -0.3 is 19.7 Å². The lowest BCUT2D eigenvalue weighted by Gasteiger charge is -2.32. The first kappa shape index (κ1) is 20.7. The van der Waals surface area contributed by atoms with Crippen LogP contribution >= 0.6 is 0 Å². The van der Waals surface area contributed by atoms with Crippen molar-refractivity contribution in [3.63, 3.8) is 0 Å². The average Bonchev–Trinajstić information content (AvgIpc) is 2.80. The van der Waals surface area contributed by atoms with Crippen molar-refractivity contribution in [2.75, 3.05) is 18.4 Å². The summed E-state index contributed by atoms with van der Waals surface area (Å²) in [5.74, 6) is 1.18. The zero-order valence-corrected chi connectivity index (χ0v) is 17.0.